The highest BCUT2D eigenvalue weighted by Crippen LogP contribution is 2.06. The van der Waals surface area contributed by atoms with Gasteiger partial charge < -0.3 is 4.84 Å². The summed E-state index contributed by atoms with van der Waals surface area (Å²) in [6.07, 6.45) is 0. The second kappa shape index (κ2) is 2.85. The highest BCUT2D eigenvalue weighted by atomic mass is 16.6. The molecule has 0 spiro atoms. The molecule has 0 aliphatic heterocycles. The SMILES string of the molecule is [CH2]/C(C)=N\OC(C)(C)C. The van der Waals surface area contributed by atoms with E-state index in [1.165, 1.54) is 0 Å². The largest absolute Gasteiger partial charge is 0.390 e. The molecular formula is C7H14NO. The Hall–Kier alpha value is -0.530. The van der Waals surface area contributed by atoms with Gasteiger partial charge in [-0.2, -0.15) is 0 Å². The Kier molecular flexibility index (Phi) is 2.68. The topological polar surface area (TPSA) is 21.6 Å². The fourth-order valence-electron chi connectivity index (χ4n) is 0.215. The van der Waals surface area contributed by atoms with Crippen LogP contribution < -0.4 is 0 Å². The molecule has 0 unspecified atom stereocenters. The maximum absolute atomic E-state index is 5.02. The van der Waals surface area contributed by atoms with Crippen molar-refractivity contribution in [3.63, 3.8) is 0 Å². The lowest BCUT2D eigenvalue weighted by molar-refractivity contribution is 0.000994. The molecular weight excluding hydrogens is 114 g/mol. The van der Waals surface area contributed by atoms with Gasteiger partial charge in [-0.05, 0) is 34.6 Å². The van der Waals surface area contributed by atoms with Crippen LogP contribution in [0.1, 0.15) is 27.7 Å². The van der Waals surface area contributed by atoms with Gasteiger partial charge in [-0.25, -0.2) is 0 Å². The molecule has 0 aromatic carbocycles. The zero-order chi connectivity index (χ0) is 7.49. The van der Waals surface area contributed by atoms with Gasteiger partial charge in [0.25, 0.3) is 0 Å². The van der Waals surface area contributed by atoms with E-state index in [1.54, 1.807) is 6.92 Å². The molecule has 0 amide bonds. The van der Waals surface area contributed by atoms with E-state index in [-0.39, 0.29) is 5.60 Å². The second-order valence-corrected chi connectivity index (χ2v) is 3.03. The average molecular weight is 128 g/mol. The summed E-state index contributed by atoms with van der Waals surface area (Å²) in [7, 11) is 0. The van der Waals surface area contributed by atoms with Crippen LogP contribution in [0, 0.1) is 6.92 Å². The van der Waals surface area contributed by atoms with Crippen LogP contribution in [0.25, 0.3) is 0 Å². The molecule has 9 heavy (non-hydrogen) atoms. The molecule has 0 N–H and O–H groups in total. The Bertz CT molecular complexity index is 107. The molecule has 0 aromatic heterocycles. The summed E-state index contributed by atoms with van der Waals surface area (Å²) in [5, 5.41) is 3.70. The van der Waals surface area contributed by atoms with Gasteiger partial charge in [0.05, 0.1) is 5.71 Å². The molecule has 0 bridgehead atoms. The van der Waals surface area contributed by atoms with E-state index in [9.17, 15) is 0 Å². The maximum Gasteiger partial charge on any atom is 0.129 e. The highest BCUT2D eigenvalue weighted by Gasteiger charge is 2.09. The molecule has 0 aliphatic carbocycles. The predicted octanol–water partition coefficient (Wildman–Crippen LogP) is 2.01. The van der Waals surface area contributed by atoms with Crippen molar-refractivity contribution in [1.29, 1.82) is 0 Å². The molecule has 0 saturated carbocycles. The molecule has 0 heterocycles. The van der Waals surface area contributed by atoms with Crippen LogP contribution in [0.15, 0.2) is 5.16 Å². The molecule has 0 atom stereocenters. The van der Waals surface area contributed by atoms with Gasteiger partial charge in [0.15, 0.2) is 0 Å². The predicted molar refractivity (Wildman–Crippen MR) is 39.3 cm³/mol. The zero-order valence-electron chi connectivity index (χ0n) is 6.56. The van der Waals surface area contributed by atoms with Crippen molar-refractivity contribution in [2.24, 2.45) is 5.16 Å². The van der Waals surface area contributed by atoms with Gasteiger partial charge in [0.1, 0.15) is 5.60 Å². The molecule has 2 nitrogen and oxygen atoms in total. The van der Waals surface area contributed by atoms with Crippen LogP contribution in [0.5, 0.6) is 0 Å². The third-order valence-corrected chi connectivity index (χ3v) is 0.475. The van der Waals surface area contributed by atoms with Gasteiger partial charge >= 0.3 is 0 Å². The Balaban J connectivity index is 3.64. The number of hydrogen-bond acceptors (Lipinski definition) is 2. The highest BCUT2D eigenvalue weighted by molar-refractivity contribution is 5.85. The summed E-state index contributed by atoms with van der Waals surface area (Å²) in [5.41, 5.74) is 0.504. The van der Waals surface area contributed by atoms with E-state index >= 15 is 0 Å². The average Bonchev–Trinajstić information content (AvgIpc) is 1.59. The lowest BCUT2D eigenvalue weighted by Gasteiger charge is -2.15. The van der Waals surface area contributed by atoms with Crippen molar-refractivity contribution < 1.29 is 4.84 Å². The first-order valence-corrected chi connectivity index (χ1v) is 2.96. The van der Waals surface area contributed by atoms with Crippen molar-refractivity contribution >= 4 is 5.71 Å². The minimum Gasteiger partial charge on any atom is -0.390 e. The van der Waals surface area contributed by atoms with Crippen molar-refractivity contribution in [3.05, 3.63) is 6.92 Å². The van der Waals surface area contributed by atoms with Gasteiger partial charge in [-0.3, -0.25) is 0 Å². The number of hydrogen-bond donors (Lipinski definition) is 0. The van der Waals surface area contributed by atoms with Crippen LogP contribution in [-0.2, 0) is 4.84 Å². The first kappa shape index (κ1) is 8.47. The number of rotatable bonds is 1. The first-order valence-electron chi connectivity index (χ1n) is 2.96. The van der Waals surface area contributed by atoms with E-state index in [0.717, 1.165) is 0 Å². The fourth-order valence-corrected chi connectivity index (χ4v) is 0.215. The van der Waals surface area contributed by atoms with Crippen LogP contribution in [0.4, 0.5) is 0 Å². The first-order chi connectivity index (χ1) is 3.92. The third-order valence-electron chi connectivity index (χ3n) is 0.475. The van der Waals surface area contributed by atoms with Crippen LogP contribution in [0.2, 0.25) is 0 Å². The van der Waals surface area contributed by atoms with E-state index in [2.05, 4.69) is 12.1 Å². The molecule has 0 aliphatic rings. The molecule has 53 valence electrons. The van der Waals surface area contributed by atoms with Crippen LogP contribution >= 0.6 is 0 Å². The van der Waals surface area contributed by atoms with Gasteiger partial charge in [0, 0.05) is 0 Å². The van der Waals surface area contributed by atoms with Crippen LogP contribution in [0.3, 0.4) is 0 Å². The summed E-state index contributed by atoms with van der Waals surface area (Å²) >= 11 is 0. The molecule has 1 radical (unpaired) electrons. The fraction of sp³-hybridized carbons (Fsp3) is 0.714. The molecule has 2 heteroatoms. The summed E-state index contributed by atoms with van der Waals surface area (Å²) in [6, 6.07) is 0. The molecule has 0 aromatic rings. The maximum atomic E-state index is 5.02. The molecule has 0 saturated heterocycles. The lowest BCUT2D eigenvalue weighted by atomic mass is 10.2. The quantitative estimate of drug-likeness (QED) is 0.391. The Morgan fingerprint density at radius 2 is 1.89 bits per heavy atom. The standard InChI is InChI=1S/C7H14NO/c1-6(2)8-9-7(3,4)5/h1H2,2-5H3/b8-6+. The number of oxime groups is 1. The monoisotopic (exact) mass is 128 g/mol. The molecule has 0 fully saturated rings. The normalized spacial score (nSPS) is 13.7. The van der Waals surface area contributed by atoms with Crippen molar-refractivity contribution in [2.75, 3.05) is 0 Å². The third kappa shape index (κ3) is 7.47. The van der Waals surface area contributed by atoms with E-state index in [0.29, 0.717) is 5.71 Å². The van der Waals surface area contributed by atoms with E-state index in [4.69, 9.17) is 4.84 Å². The van der Waals surface area contributed by atoms with Gasteiger partial charge in [0.2, 0.25) is 0 Å². The van der Waals surface area contributed by atoms with E-state index < -0.39 is 0 Å². The minimum atomic E-state index is -0.195. The van der Waals surface area contributed by atoms with Crippen molar-refractivity contribution in [2.45, 2.75) is 33.3 Å². The summed E-state index contributed by atoms with van der Waals surface area (Å²) in [6.45, 7) is 11.2. The van der Waals surface area contributed by atoms with Crippen molar-refractivity contribution in [1.82, 2.24) is 0 Å². The second-order valence-electron chi connectivity index (χ2n) is 3.03. The summed E-state index contributed by atoms with van der Waals surface area (Å²) in [4.78, 5) is 5.02. The lowest BCUT2D eigenvalue weighted by Crippen LogP contribution is -2.16. The summed E-state index contributed by atoms with van der Waals surface area (Å²) < 4.78 is 0. The zero-order valence-corrected chi connectivity index (χ0v) is 6.56. The minimum absolute atomic E-state index is 0.195. The Labute approximate surface area is 56.9 Å². The van der Waals surface area contributed by atoms with Gasteiger partial charge in [-0.1, -0.05) is 5.16 Å². The summed E-state index contributed by atoms with van der Waals surface area (Å²) in [5.74, 6) is 0. The smallest absolute Gasteiger partial charge is 0.129 e. The number of nitrogens with zero attached hydrogens (tertiary/aromatic N) is 1. The Morgan fingerprint density at radius 3 is 2.00 bits per heavy atom. The van der Waals surface area contributed by atoms with Crippen LogP contribution in [-0.4, -0.2) is 11.3 Å². The van der Waals surface area contributed by atoms with E-state index in [1.807, 2.05) is 20.8 Å². The van der Waals surface area contributed by atoms with Crippen molar-refractivity contribution in [3.8, 4) is 0 Å². The molecule has 0 rings (SSSR count). The Morgan fingerprint density at radius 1 is 1.44 bits per heavy atom. The van der Waals surface area contributed by atoms with Gasteiger partial charge in [-0.15, -0.1) is 0 Å².